The van der Waals surface area contributed by atoms with E-state index in [9.17, 15) is 4.79 Å². The maximum Gasteiger partial charge on any atom is 0.318 e. The zero-order valence-electron chi connectivity index (χ0n) is 9.94. The summed E-state index contributed by atoms with van der Waals surface area (Å²) >= 11 is 0. The van der Waals surface area contributed by atoms with E-state index < -0.39 is 5.41 Å². The van der Waals surface area contributed by atoms with Gasteiger partial charge in [-0.15, -0.1) is 0 Å². The summed E-state index contributed by atoms with van der Waals surface area (Å²) in [6.07, 6.45) is 0.583. The lowest BCUT2D eigenvalue weighted by atomic mass is 9.78. The predicted octanol–water partition coefficient (Wildman–Crippen LogP) is 1.97. The average molecular weight is 232 g/mol. The van der Waals surface area contributed by atoms with Crippen LogP contribution in [0.4, 0.5) is 0 Å². The molecule has 1 saturated heterocycles. The smallest absolute Gasteiger partial charge is 0.318 e. The fraction of sp³-hybridized carbons (Fsp3) is 0.357. The normalized spacial score (nSPS) is 23.7. The molecule has 1 aromatic carbocycles. The van der Waals surface area contributed by atoms with Gasteiger partial charge in [-0.2, -0.15) is 0 Å². The molecule has 0 spiro atoms. The van der Waals surface area contributed by atoms with Crippen molar-refractivity contribution in [2.24, 2.45) is 5.41 Å². The van der Waals surface area contributed by atoms with Gasteiger partial charge in [-0.25, -0.2) is 0 Å². The van der Waals surface area contributed by atoms with Gasteiger partial charge in [-0.1, -0.05) is 36.9 Å². The standard InChI is InChI=1S/C14H16O3/c1-11-9-17-10-14(11,13(15)16-2)8-12-6-4-3-5-7-12/h3-7H,1,8-10H2,2H3/t14-/m0/s1. The van der Waals surface area contributed by atoms with Gasteiger partial charge >= 0.3 is 5.97 Å². The molecule has 1 aromatic rings. The minimum Gasteiger partial charge on any atom is -0.468 e. The van der Waals surface area contributed by atoms with Gasteiger partial charge in [-0.05, 0) is 17.6 Å². The Morgan fingerprint density at radius 1 is 1.47 bits per heavy atom. The molecule has 0 unspecified atom stereocenters. The fourth-order valence-electron chi connectivity index (χ4n) is 2.18. The van der Waals surface area contributed by atoms with Gasteiger partial charge in [0.05, 0.1) is 20.3 Å². The van der Waals surface area contributed by atoms with E-state index in [1.54, 1.807) is 0 Å². The highest BCUT2D eigenvalue weighted by Crippen LogP contribution is 2.37. The second kappa shape index (κ2) is 4.72. The number of hydrogen-bond acceptors (Lipinski definition) is 3. The summed E-state index contributed by atoms with van der Waals surface area (Å²) < 4.78 is 10.3. The van der Waals surface area contributed by atoms with E-state index in [0.29, 0.717) is 19.6 Å². The molecule has 1 fully saturated rings. The van der Waals surface area contributed by atoms with E-state index in [1.165, 1.54) is 7.11 Å². The van der Waals surface area contributed by atoms with Gasteiger partial charge < -0.3 is 9.47 Å². The number of carbonyl (C=O) groups is 1. The topological polar surface area (TPSA) is 35.5 Å². The van der Waals surface area contributed by atoms with Crippen LogP contribution in [0, 0.1) is 5.41 Å². The van der Waals surface area contributed by atoms with Crippen LogP contribution in [-0.2, 0) is 20.7 Å². The van der Waals surface area contributed by atoms with Crippen molar-refractivity contribution >= 4 is 5.97 Å². The number of carbonyl (C=O) groups excluding carboxylic acids is 1. The highest BCUT2D eigenvalue weighted by Gasteiger charge is 2.46. The second-order valence-electron chi connectivity index (χ2n) is 4.33. The Morgan fingerprint density at radius 3 is 2.71 bits per heavy atom. The lowest BCUT2D eigenvalue weighted by molar-refractivity contribution is -0.150. The molecule has 0 amide bonds. The number of ether oxygens (including phenoxy) is 2. The Kier molecular flexibility index (Phi) is 3.29. The molecule has 17 heavy (non-hydrogen) atoms. The summed E-state index contributed by atoms with van der Waals surface area (Å²) in [4.78, 5) is 12.0. The average Bonchev–Trinajstić information content (AvgIpc) is 2.72. The Bertz CT molecular complexity index is 424. The van der Waals surface area contributed by atoms with E-state index in [2.05, 4.69) is 6.58 Å². The van der Waals surface area contributed by atoms with Crippen LogP contribution in [0.15, 0.2) is 42.5 Å². The van der Waals surface area contributed by atoms with Gasteiger partial charge in [0.15, 0.2) is 0 Å². The largest absolute Gasteiger partial charge is 0.468 e. The van der Waals surface area contributed by atoms with Gasteiger partial charge in [0.2, 0.25) is 0 Å². The van der Waals surface area contributed by atoms with Crippen molar-refractivity contribution in [1.29, 1.82) is 0 Å². The minimum atomic E-state index is -0.712. The molecule has 0 N–H and O–H groups in total. The molecule has 0 aromatic heterocycles. The third-order valence-electron chi connectivity index (χ3n) is 3.23. The second-order valence-corrected chi connectivity index (χ2v) is 4.33. The van der Waals surface area contributed by atoms with Crippen molar-refractivity contribution in [2.75, 3.05) is 20.3 Å². The van der Waals surface area contributed by atoms with Crippen LogP contribution in [-0.4, -0.2) is 26.3 Å². The number of esters is 1. The SMILES string of the molecule is C=C1COC[C@]1(Cc1ccccc1)C(=O)OC. The summed E-state index contributed by atoms with van der Waals surface area (Å²) in [5.74, 6) is -0.260. The fourth-order valence-corrected chi connectivity index (χ4v) is 2.18. The van der Waals surface area contributed by atoms with E-state index >= 15 is 0 Å². The van der Waals surface area contributed by atoms with Crippen LogP contribution in [0.25, 0.3) is 0 Å². The number of methoxy groups -OCH3 is 1. The first kappa shape index (κ1) is 11.9. The van der Waals surface area contributed by atoms with Crippen molar-refractivity contribution in [3.63, 3.8) is 0 Å². The Morgan fingerprint density at radius 2 is 2.18 bits per heavy atom. The molecule has 0 radical (unpaired) electrons. The van der Waals surface area contributed by atoms with E-state index in [0.717, 1.165) is 11.1 Å². The molecular formula is C14H16O3. The van der Waals surface area contributed by atoms with Gasteiger partial charge in [-0.3, -0.25) is 4.79 Å². The lowest BCUT2D eigenvalue weighted by Gasteiger charge is -2.25. The van der Waals surface area contributed by atoms with Crippen molar-refractivity contribution in [2.45, 2.75) is 6.42 Å². The molecule has 0 saturated carbocycles. The maximum absolute atomic E-state index is 12.0. The third-order valence-corrected chi connectivity index (χ3v) is 3.23. The first-order valence-corrected chi connectivity index (χ1v) is 5.57. The van der Waals surface area contributed by atoms with Crippen LogP contribution in [0.1, 0.15) is 5.56 Å². The molecule has 1 aliphatic heterocycles. The van der Waals surface area contributed by atoms with Crippen LogP contribution in [0.5, 0.6) is 0 Å². The Labute approximate surface area is 101 Å². The molecule has 1 aliphatic rings. The van der Waals surface area contributed by atoms with Crippen LogP contribution in [0.3, 0.4) is 0 Å². The van der Waals surface area contributed by atoms with E-state index in [4.69, 9.17) is 9.47 Å². The van der Waals surface area contributed by atoms with Crippen LogP contribution >= 0.6 is 0 Å². The van der Waals surface area contributed by atoms with Crippen molar-refractivity contribution in [3.8, 4) is 0 Å². The first-order valence-electron chi connectivity index (χ1n) is 5.57. The molecule has 0 bridgehead atoms. The summed E-state index contributed by atoms with van der Waals surface area (Å²) in [6, 6.07) is 9.86. The Balaban J connectivity index is 2.29. The lowest BCUT2D eigenvalue weighted by Crippen LogP contribution is -2.36. The zero-order chi connectivity index (χ0) is 12.3. The van der Waals surface area contributed by atoms with Crippen LogP contribution < -0.4 is 0 Å². The summed E-state index contributed by atoms with van der Waals surface area (Å²) in [5, 5.41) is 0. The maximum atomic E-state index is 12.0. The molecule has 2 rings (SSSR count). The summed E-state index contributed by atoms with van der Waals surface area (Å²) in [5.41, 5.74) is 1.17. The van der Waals surface area contributed by atoms with Crippen molar-refractivity contribution in [3.05, 3.63) is 48.0 Å². The highest BCUT2D eigenvalue weighted by atomic mass is 16.5. The summed E-state index contributed by atoms with van der Waals surface area (Å²) in [6.45, 7) is 4.73. The highest BCUT2D eigenvalue weighted by molar-refractivity contribution is 5.81. The molecular weight excluding hydrogens is 216 g/mol. The predicted molar refractivity (Wildman–Crippen MR) is 64.6 cm³/mol. The van der Waals surface area contributed by atoms with Crippen molar-refractivity contribution in [1.82, 2.24) is 0 Å². The third kappa shape index (κ3) is 2.11. The van der Waals surface area contributed by atoms with Crippen LogP contribution in [0.2, 0.25) is 0 Å². The monoisotopic (exact) mass is 232 g/mol. The van der Waals surface area contributed by atoms with Gasteiger partial charge in [0.1, 0.15) is 5.41 Å². The molecule has 3 heteroatoms. The number of benzene rings is 1. The van der Waals surface area contributed by atoms with Gasteiger partial charge in [0, 0.05) is 0 Å². The first-order chi connectivity index (χ1) is 8.19. The molecule has 1 atom stereocenters. The van der Waals surface area contributed by atoms with Crippen molar-refractivity contribution < 1.29 is 14.3 Å². The van der Waals surface area contributed by atoms with E-state index in [1.807, 2.05) is 30.3 Å². The Hall–Kier alpha value is -1.61. The number of rotatable bonds is 3. The quantitative estimate of drug-likeness (QED) is 0.590. The molecule has 90 valence electrons. The zero-order valence-corrected chi connectivity index (χ0v) is 9.94. The molecule has 3 nitrogen and oxygen atoms in total. The minimum absolute atomic E-state index is 0.260. The number of hydrogen-bond donors (Lipinski definition) is 0. The van der Waals surface area contributed by atoms with E-state index in [-0.39, 0.29) is 5.97 Å². The molecule has 0 aliphatic carbocycles. The molecule has 1 heterocycles. The summed E-state index contributed by atoms with van der Waals surface area (Å²) in [7, 11) is 1.40. The van der Waals surface area contributed by atoms with Gasteiger partial charge in [0.25, 0.3) is 0 Å².